The number of hydrazine groups is 1. The molecule has 0 fully saturated rings. The van der Waals surface area contributed by atoms with Crippen molar-refractivity contribution in [2.24, 2.45) is 5.92 Å². The van der Waals surface area contributed by atoms with Gasteiger partial charge in [-0.05, 0) is 42.9 Å². The van der Waals surface area contributed by atoms with Crippen molar-refractivity contribution in [3.8, 4) is 0 Å². The summed E-state index contributed by atoms with van der Waals surface area (Å²) in [7, 11) is 0. The van der Waals surface area contributed by atoms with Crippen molar-refractivity contribution < 1.29 is 14.6 Å². The molecule has 0 saturated carbocycles. The minimum absolute atomic E-state index is 0.141. The van der Waals surface area contributed by atoms with E-state index >= 15 is 0 Å². The third kappa shape index (κ3) is 11.3. The van der Waals surface area contributed by atoms with Gasteiger partial charge in [-0.15, -0.1) is 0 Å². The van der Waals surface area contributed by atoms with E-state index in [1.165, 1.54) is 0 Å². The molecule has 10 nitrogen and oxygen atoms in total. The van der Waals surface area contributed by atoms with E-state index in [9.17, 15) is 19.7 Å². The van der Waals surface area contributed by atoms with Crippen molar-refractivity contribution >= 4 is 33.7 Å². The predicted molar refractivity (Wildman–Crippen MR) is 117 cm³/mol. The van der Waals surface area contributed by atoms with E-state index in [0.717, 1.165) is 10.0 Å². The maximum atomic E-state index is 12.5. The van der Waals surface area contributed by atoms with Crippen LogP contribution in [0.5, 0.6) is 0 Å². The second-order valence-electron chi connectivity index (χ2n) is 7.08. The number of carbonyl (C=O) groups excluding carboxylic acids is 2. The first-order chi connectivity index (χ1) is 14.2. The highest BCUT2D eigenvalue weighted by atomic mass is 79.9. The first-order valence-electron chi connectivity index (χ1n) is 9.56. The lowest BCUT2D eigenvalue weighted by Crippen LogP contribution is -2.47. The summed E-state index contributed by atoms with van der Waals surface area (Å²) in [6, 6.07) is 6.58. The van der Waals surface area contributed by atoms with E-state index in [0.29, 0.717) is 25.2 Å². The quantitative estimate of drug-likeness (QED) is 0.101. The van der Waals surface area contributed by atoms with Crippen LogP contribution in [0.3, 0.4) is 0 Å². The van der Waals surface area contributed by atoms with Crippen molar-refractivity contribution in [1.82, 2.24) is 21.4 Å². The van der Waals surface area contributed by atoms with Crippen LogP contribution in [0.25, 0.3) is 0 Å². The average Bonchev–Trinajstić information content (AvgIpc) is 2.65. The van der Waals surface area contributed by atoms with Crippen LogP contribution >= 0.6 is 15.9 Å². The van der Waals surface area contributed by atoms with Crippen molar-refractivity contribution in [2.75, 3.05) is 6.54 Å². The molecule has 30 heavy (non-hydrogen) atoms. The number of hydrogen-bond donors (Lipinski definition) is 5. The Hall–Kier alpha value is -2.69. The lowest BCUT2D eigenvalue weighted by atomic mass is 10.1. The first kappa shape index (κ1) is 25.3. The minimum Gasteiger partial charge on any atom is -0.352 e. The molecule has 0 saturated heterocycles. The fourth-order valence-electron chi connectivity index (χ4n) is 2.45. The Morgan fingerprint density at radius 2 is 1.93 bits per heavy atom. The molecule has 165 valence electrons. The molecule has 1 aromatic rings. The summed E-state index contributed by atoms with van der Waals surface area (Å²) in [4.78, 5) is 35.2. The average molecular weight is 484 g/mol. The molecular weight excluding hydrogens is 456 g/mol. The van der Waals surface area contributed by atoms with Crippen LogP contribution in [0, 0.1) is 28.0 Å². The molecule has 0 bridgehead atoms. The Balaban J connectivity index is 2.58. The first-order valence-corrected chi connectivity index (χ1v) is 10.4. The van der Waals surface area contributed by atoms with Crippen molar-refractivity contribution in [1.29, 1.82) is 5.41 Å². The van der Waals surface area contributed by atoms with Crippen LogP contribution in [-0.2, 0) is 16.0 Å². The van der Waals surface area contributed by atoms with Gasteiger partial charge in [0.15, 0.2) is 5.03 Å². The molecule has 1 atom stereocenters. The highest BCUT2D eigenvalue weighted by molar-refractivity contribution is 9.10. The Morgan fingerprint density at radius 1 is 1.27 bits per heavy atom. The van der Waals surface area contributed by atoms with Gasteiger partial charge >= 0.3 is 0 Å². The smallest absolute Gasteiger partial charge is 0.251 e. The standard InChI is InChI=1S/C19H28BrN6O4/c1-13(2)9-11-22-18(28)16(4-3-10-23-19(21)25-26(29)30)24-17(27)12-14-5-7-15(20)8-6-14/h5-8,11,13,16H,3-4,9-10,12H2,1-2H3,(H,22,28)(H,24,27)(H3,21,23,25)/t16-/m0/s1. The Bertz CT molecular complexity index is 726. The van der Waals surface area contributed by atoms with E-state index in [4.69, 9.17) is 5.41 Å². The van der Waals surface area contributed by atoms with Crippen molar-refractivity contribution in [2.45, 2.75) is 45.6 Å². The highest BCUT2D eigenvalue weighted by Crippen LogP contribution is 2.11. The van der Waals surface area contributed by atoms with Gasteiger partial charge in [0.2, 0.25) is 11.8 Å². The van der Waals surface area contributed by atoms with Gasteiger partial charge in [0.25, 0.3) is 5.96 Å². The molecule has 0 heterocycles. The summed E-state index contributed by atoms with van der Waals surface area (Å²) in [5.74, 6) is -0.652. The molecule has 1 radical (unpaired) electrons. The van der Waals surface area contributed by atoms with Crippen LogP contribution in [0.4, 0.5) is 0 Å². The summed E-state index contributed by atoms with van der Waals surface area (Å²) in [6.45, 7) is 5.97. The molecular formula is C19H28BrN6O4. The molecule has 11 heteroatoms. The van der Waals surface area contributed by atoms with Gasteiger partial charge in [-0.1, -0.05) is 47.3 Å². The molecule has 2 amide bonds. The molecule has 0 spiro atoms. The lowest BCUT2D eigenvalue weighted by Gasteiger charge is -2.19. The largest absolute Gasteiger partial charge is 0.352 e. The fourth-order valence-corrected chi connectivity index (χ4v) is 2.71. The zero-order valence-corrected chi connectivity index (χ0v) is 18.6. The summed E-state index contributed by atoms with van der Waals surface area (Å²) in [5.41, 5.74) is 2.51. The van der Waals surface area contributed by atoms with Gasteiger partial charge in [0.05, 0.1) is 6.42 Å². The number of nitro groups is 1. The van der Waals surface area contributed by atoms with Crippen molar-refractivity contribution in [3.63, 3.8) is 0 Å². The van der Waals surface area contributed by atoms with Crippen molar-refractivity contribution in [3.05, 3.63) is 51.0 Å². The molecule has 0 aliphatic carbocycles. The number of benzene rings is 1. The number of nitrogens with one attached hydrogen (secondary N) is 5. The molecule has 0 aromatic heterocycles. The zero-order valence-electron chi connectivity index (χ0n) is 17.0. The van der Waals surface area contributed by atoms with Crippen LogP contribution < -0.4 is 21.4 Å². The van der Waals surface area contributed by atoms with Gasteiger partial charge in [0.1, 0.15) is 6.04 Å². The van der Waals surface area contributed by atoms with Gasteiger partial charge in [0, 0.05) is 17.6 Å². The van der Waals surface area contributed by atoms with E-state index in [2.05, 4.69) is 31.9 Å². The van der Waals surface area contributed by atoms with E-state index in [1.54, 1.807) is 12.0 Å². The SMILES string of the molecule is CC(C)C[CH]NC(=O)[C@H](CCCNC(=N)N[N+](=O)[O-])NC(=O)Cc1ccc(Br)cc1. The number of hydrogen-bond acceptors (Lipinski definition) is 5. The summed E-state index contributed by atoms with van der Waals surface area (Å²) in [6.07, 6.45) is 1.58. The number of halogens is 1. The van der Waals surface area contributed by atoms with E-state index in [1.807, 2.05) is 38.1 Å². The second kappa shape index (κ2) is 13.5. The third-order valence-electron chi connectivity index (χ3n) is 3.94. The number of rotatable bonds is 12. The lowest BCUT2D eigenvalue weighted by molar-refractivity contribution is -0.525. The Labute approximate surface area is 184 Å². The highest BCUT2D eigenvalue weighted by Gasteiger charge is 2.20. The van der Waals surface area contributed by atoms with Crippen LogP contribution in [0.2, 0.25) is 0 Å². The predicted octanol–water partition coefficient (Wildman–Crippen LogP) is 1.89. The number of nitrogens with zero attached hydrogens (tertiary/aromatic N) is 1. The number of guanidine groups is 1. The Kier molecular flexibility index (Phi) is 11.4. The summed E-state index contributed by atoms with van der Waals surface area (Å²) in [5, 5.41) is 24.8. The molecule has 1 aromatic carbocycles. The zero-order chi connectivity index (χ0) is 22.5. The summed E-state index contributed by atoms with van der Waals surface area (Å²) >= 11 is 3.34. The molecule has 1 rings (SSSR count). The molecule has 0 aliphatic heterocycles. The minimum atomic E-state index is -0.835. The molecule has 0 aliphatic rings. The molecule has 5 N–H and O–H groups in total. The third-order valence-corrected chi connectivity index (χ3v) is 4.47. The Morgan fingerprint density at radius 3 is 2.53 bits per heavy atom. The van der Waals surface area contributed by atoms with E-state index in [-0.39, 0.29) is 24.8 Å². The fraction of sp³-hybridized carbons (Fsp3) is 0.474. The van der Waals surface area contributed by atoms with Gasteiger partial charge in [-0.25, -0.2) is 10.1 Å². The van der Waals surface area contributed by atoms with Crippen LogP contribution in [0.15, 0.2) is 28.7 Å². The number of amides is 2. The van der Waals surface area contributed by atoms with E-state index < -0.39 is 17.0 Å². The maximum Gasteiger partial charge on any atom is 0.251 e. The van der Waals surface area contributed by atoms with Crippen LogP contribution in [-0.4, -0.2) is 35.4 Å². The monoisotopic (exact) mass is 483 g/mol. The van der Waals surface area contributed by atoms with Gasteiger partial charge < -0.3 is 16.0 Å². The topological polar surface area (TPSA) is 149 Å². The van der Waals surface area contributed by atoms with Gasteiger partial charge in [-0.2, -0.15) is 0 Å². The summed E-state index contributed by atoms with van der Waals surface area (Å²) < 4.78 is 0.911. The maximum absolute atomic E-state index is 12.5. The number of carbonyl (C=O) groups is 2. The normalized spacial score (nSPS) is 11.5. The van der Waals surface area contributed by atoms with Crippen LogP contribution in [0.1, 0.15) is 38.7 Å². The second-order valence-corrected chi connectivity index (χ2v) is 7.99. The van der Waals surface area contributed by atoms with Gasteiger partial charge in [-0.3, -0.25) is 15.0 Å². The molecule has 0 unspecified atom stereocenters.